The first-order chi connectivity index (χ1) is 10.1. The number of piperidine rings is 1. The summed E-state index contributed by atoms with van der Waals surface area (Å²) in [6.45, 7) is 1.71. The van der Waals surface area contributed by atoms with Crippen LogP contribution in [0.5, 0.6) is 0 Å². The van der Waals surface area contributed by atoms with Gasteiger partial charge >= 0.3 is 0 Å². The summed E-state index contributed by atoms with van der Waals surface area (Å²) in [5.74, 6) is -0.106. The van der Waals surface area contributed by atoms with Gasteiger partial charge in [-0.2, -0.15) is 0 Å². The summed E-state index contributed by atoms with van der Waals surface area (Å²) in [5.41, 5.74) is 11.8. The highest BCUT2D eigenvalue weighted by atomic mass is 16.6. The summed E-state index contributed by atoms with van der Waals surface area (Å²) >= 11 is 0. The van der Waals surface area contributed by atoms with Crippen LogP contribution in [0.25, 0.3) is 0 Å². The number of hydrogen-bond donors (Lipinski definition) is 3. The van der Waals surface area contributed by atoms with Gasteiger partial charge in [0, 0.05) is 29.8 Å². The molecular formula is C13H19N6O2+. The van der Waals surface area contributed by atoms with Crippen LogP contribution in [-0.2, 0) is 0 Å². The first-order valence-corrected chi connectivity index (χ1v) is 6.78. The van der Waals surface area contributed by atoms with Gasteiger partial charge in [0.05, 0.1) is 4.92 Å². The van der Waals surface area contributed by atoms with E-state index in [2.05, 4.69) is 15.1 Å². The van der Waals surface area contributed by atoms with Crippen molar-refractivity contribution in [2.75, 3.05) is 18.0 Å². The van der Waals surface area contributed by atoms with Gasteiger partial charge < -0.3 is 16.4 Å². The van der Waals surface area contributed by atoms with Crippen LogP contribution in [0.1, 0.15) is 24.8 Å². The van der Waals surface area contributed by atoms with Crippen LogP contribution in [-0.4, -0.2) is 30.2 Å². The van der Waals surface area contributed by atoms with E-state index < -0.39 is 0 Å². The second-order valence-corrected chi connectivity index (χ2v) is 4.86. The first kappa shape index (κ1) is 14.8. The van der Waals surface area contributed by atoms with Crippen molar-refractivity contribution in [3.8, 4) is 0 Å². The number of nitrogens with one attached hydrogen (secondary N) is 1. The summed E-state index contributed by atoms with van der Waals surface area (Å²) in [4.78, 5) is 13.0. The third-order valence-corrected chi connectivity index (χ3v) is 3.32. The Kier molecular flexibility index (Phi) is 4.70. The normalized spacial score (nSPS) is 15.1. The molecule has 1 heterocycles. The van der Waals surface area contributed by atoms with Crippen molar-refractivity contribution in [1.82, 2.24) is 0 Å². The predicted molar refractivity (Wildman–Crippen MR) is 81.1 cm³/mol. The maximum atomic E-state index is 11.3. The molecule has 0 spiro atoms. The molecule has 0 radical (unpaired) electrons. The van der Waals surface area contributed by atoms with Gasteiger partial charge in [-0.1, -0.05) is 0 Å². The fourth-order valence-electron chi connectivity index (χ4n) is 2.36. The van der Waals surface area contributed by atoms with E-state index in [0.29, 0.717) is 11.3 Å². The number of nitro benzene ring substituents is 1. The highest BCUT2D eigenvalue weighted by Gasteiger charge is 2.21. The molecule has 0 amide bonds. The molecule has 21 heavy (non-hydrogen) atoms. The Bertz CT molecular complexity index is 574. The number of benzene rings is 1. The van der Waals surface area contributed by atoms with Gasteiger partial charge in [0.1, 0.15) is 5.69 Å². The summed E-state index contributed by atoms with van der Waals surface area (Å²) in [6.07, 6.45) is 4.82. The van der Waals surface area contributed by atoms with E-state index >= 15 is 0 Å². The Balaban J connectivity index is 2.28. The number of nitrogens with zero attached hydrogens (tertiary/aromatic N) is 3. The zero-order valence-electron chi connectivity index (χ0n) is 11.7. The molecule has 0 atom stereocenters. The molecule has 1 aromatic rings. The minimum atomic E-state index is -0.359. The predicted octanol–water partition coefficient (Wildman–Crippen LogP) is -0.727. The monoisotopic (exact) mass is 291 g/mol. The lowest BCUT2D eigenvalue weighted by molar-refractivity contribution is -0.456. The Morgan fingerprint density at radius 3 is 2.67 bits per heavy atom. The number of nitrogens with two attached hydrogens (primary N) is 2. The molecule has 2 rings (SSSR count). The standard InChI is InChI=1S/C13H18N6O2/c14-13(15)17-16-9-10-4-5-11(12(8-10)19(20)21)18-6-2-1-3-7-18/h4-5,8-9H,1-3,6-7H2,(H4,14,15,17)/p+1. The van der Waals surface area contributed by atoms with E-state index in [0.717, 1.165) is 25.9 Å². The second kappa shape index (κ2) is 6.69. The zero-order chi connectivity index (χ0) is 15.2. The zero-order valence-corrected chi connectivity index (χ0v) is 11.7. The highest BCUT2D eigenvalue weighted by Crippen LogP contribution is 2.30. The topological polar surface area (TPSA) is 125 Å². The molecule has 1 aliphatic rings. The van der Waals surface area contributed by atoms with Crippen LogP contribution >= 0.6 is 0 Å². The van der Waals surface area contributed by atoms with Gasteiger partial charge in [-0.3, -0.25) is 10.1 Å². The molecule has 0 aliphatic carbocycles. The molecule has 112 valence electrons. The Hall–Kier alpha value is -2.64. The highest BCUT2D eigenvalue weighted by molar-refractivity contribution is 5.80. The second-order valence-electron chi connectivity index (χ2n) is 4.86. The smallest absolute Gasteiger partial charge is 0.293 e. The average molecular weight is 291 g/mol. The first-order valence-electron chi connectivity index (χ1n) is 6.78. The number of guanidine groups is 1. The molecule has 1 aliphatic heterocycles. The van der Waals surface area contributed by atoms with Gasteiger partial charge in [-0.15, -0.1) is 5.10 Å². The number of rotatable bonds is 4. The van der Waals surface area contributed by atoms with Gasteiger partial charge in [-0.05, 0) is 31.4 Å². The largest absolute Gasteiger partial charge is 0.366 e. The minimum Gasteiger partial charge on any atom is -0.366 e. The molecule has 0 unspecified atom stereocenters. The Morgan fingerprint density at radius 1 is 1.33 bits per heavy atom. The molecule has 8 heteroatoms. The number of anilines is 1. The van der Waals surface area contributed by atoms with E-state index in [1.165, 1.54) is 18.7 Å². The van der Waals surface area contributed by atoms with E-state index in [9.17, 15) is 10.1 Å². The van der Waals surface area contributed by atoms with Crippen molar-refractivity contribution < 1.29 is 10.0 Å². The van der Waals surface area contributed by atoms with E-state index in [4.69, 9.17) is 11.5 Å². The van der Waals surface area contributed by atoms with E-state index in [1.54, 1.807) is 12.1 Å². The van der Waals surface area contributed by atoms with Crippen molar-refractivity contribution in [3.63, 3.8) is 0 Å². The maximum absolute atomic E-state index is 11.3. The summed E-state index contributed by atoms with van der Waals surface area (Å²) in [5, 5.41) is 17.4. The van der Waals surface area contributed by atoms with Crippen molar-refractivity contribution in [1.29, 1.82) is 0 Å². The number of hydrogen-bond acceptors (Lipinski definition) is 4. The molecule has 1 aromatic carbocycles. The summed E-state index contributed by atoms with van der Waals surface area (Å²) in [7, 11) is 0. The lowest BCUT2D eigenvalue weighted by Gasteiger charge is -2.28. The quantitative estimate of drug-likeness (QED) is 0.292. The molecule has 0 saturated carbocycles. The lowest BCUT2D eigenvalue weighted by atomic mass is 10.1. The summed E-state index contributed by atoms with van der Waals surface area (Å²) < 4.78 is 0. The Morgan fingerprint density at radius 2 is 2.05 bits per heavy atom. The molecular weight excluding hydrogens is 272 g/mol. The van der Waals surface area contributed by atoms with Crippen LogP contribution in [0.2, 0.25) is 0 Å². The van der Waals surface area contributed by atoms with Crippen molar-refractivity contribution in [3.05, 3.63) is 33.9 Å². The van der Waals surface area contributed by atoms with Crippen LogP contribution in [0.4, 0.5) is 11.4 Å². The van der Waals surface area contributed by atoms with E-state index in [-0.39, 0.29) is 16.6 Å². The fraction of sp³-hybridized carbons (Fsp3) is 0.385. The lowest BCUT2D eigenvalue weighted by Crippen LogP contribution is -2.63. The third-order valence-electron chi connectivity index (χ3n) is 3.32. The molecule has 1 fully saturated rings. The van der Waals surface area contributed by atoms with Crippen LogP contribution < -0.4 is 21.5 Å². The molecule has 1 saturated heterocycles. The average Bonchev–Trinajstić information content (AvgIpc) is 2.47. The molecule has 5 N–H and O–H groups in total. The van der Waals surface area contributed by atoms with Crippen molar-refractivity contribution >= 4 is 23.5 Å². The molecule has 0 aromatic heterocycles. The van der Waals surface area contributed by atoms with Crippen LogP contribution in [0.15, 0.2) is 23.3 Å². The van der Waals surface area contributed by atoms with Crippen LogP contribution in [0.3, 0.4) is 0 Å². The van der Waals surface area contributed by atoms with Gasteiger partial charge in [0.15, 0.2) is 0 Å². The van der Waals surface area contributed by atoms with Gasteiger partial charge in [0.2, 0.25) is 6.21 Å². The van der Waals surface area contributed by atoms with Crippen LogP contribution in [0, 0.1) is 10.1 Å². The van der Waals surface area contributed by atoms with Gasteiger partial charge in [0.25, 0.3) is 11.6 Å². The van der Waals surface area contributed by atoms with Crippen molar-refractivity contribution in [2.24, 2.45) is 16.6 Å². The maximum Gasteiger partial charge on any atom is 0.293 e. The number of hydrazone groups is 1. The fourth-order valence-corrected chi connectivity index (χ4v) is 2.36. The van der Waals surface area contributed by atoms with Gasteiger partial charge in [-0.25, -0.2) is 0 Å². The number of nitro groups is 1. The minimum absolute atomic E-state index is 0.0946. The molecule has 8 nitrogen and oxygen atoms in total. The SMILES string of the molecule is NC(N)=N[NH+]=Cc1ccc(N2CCCCC2)c([N+](=O)[O-])c1. The van der Waals surface area contributed by atoms with Crippen molar-refractivity contribution in [2.45, 2.75) is 19.3 Å². The molecule has 0 bridgehead atoms. The third kappa shape index (κ3) is 3.91. The van der Waals surface area contributed by atoms with E-state index in [1.807, 2.05) is 0 Å². The summed E-state index contributed by atoms with van der Waals surface area (Å²) in [6, 6.07) is 5.08. The Labute approximate surface area is 122 Å².